The minimum Gasteiger partial charge on any atom is -0.482 e. The topological polar surface area (TPSA) is 18.5 Å². The van der Waals surface area contributed by atoms with Gasteiger partial charge in [0.25, 0.3) is 0 Å². The van der Waals surface area contributed by atoms with E-state index in [-0.39, 0.29) is 5.41 Å². The Morgan fingerprint density at radius 2 is 0.407 bits per heavy atom. The lowest BCUT2D eigenvalue weighted by molar-refractivity contribution is 0.148. The van der Waals surface area contributed by atoms with Gasteiger partial charge in [-0.15, -0.1) is 113 Å². The molecule has 0 N–H and O–H groups in total. The summed E-state index contributed by atoms with van der Waals surface area (Å²) in [5.41, 5.74) is 14.6. The van der Waals surface area contributed by atoms with E-state index in [2.05, 4.69) is 233 Å². The van der Waals surface area contributed by atoms with Crippen LogP contribution in [0.15, 0.2) is 146 Å². The van der Waals surface area contributed by atoms with Gasteiger partial charge in [-0.25, -0.2) is 0 Å². The van der Waals surface area contributed by atoms with Crippen LogP contribution in [-0.2, 0) is 48.7 Å². The molecule has 0 bridgehead atoms. The van der Waals surface area contributed by atoms with E-state index in [0.29, 0.717) is 13.2 Å². The maximum atomic E-state index is 6.36. The number of rotatable bonds is 82. The first-order chi connectivity index (χ1) is 73.7. The van der Waals surface area contributed by atoms with Crippen LogP contribution in [0, 0.1) is 20.8 Å². The van der Waals surface area contributed by atoms with E-state index in [0.717, 1.165) is 24.3 Å². The largest absolute Gasteiger partial charge is 0.482 e. The van der Waals surface area contributed by atoms with Crippen LogP contribution in [0.25, 0.3) is 98.2 Å². The summed E-state index contributed by atoms with van der Waals surface area (Å²) in [5, 5.41) is 1.04. The molecule has 0 aliphatic rings. The van der Waals surface area contributed by atoms with Crippen molar-refractivity contribution in [3.05, 3.63) is 205 Å². The van der Waals surface area contributed by atoms with Crippen molar-refractivity contribution in [2.24, 2.45) is 0 Å². The molecule has 0 fully saturated rings. The van der Waals surface area contributed by atoms with Gasteiger partial charge in [-0.2, -0.15) is 0 Å². The highest BCUT2D eigenvalue weighted by Gasteiger charge is 2.27. The number of thiophene rings is 11. The lowest BCUT2D eigenvalue weighted by Gasteiger charge is -2.26. The molecule has 0 unspecified atom stereocenters. The van der Waals surface area contributed by atoms with Crippen LogP contribution in [-0.4, -0.2) is 20.3 Å². The quantitative estimate of drug-likeness (QED) is 0.0354. The summed E-state index contributed by atoms with van der Waals surface area (Å²) in [6, 6.07) is 57.8. The average Bonchev–Trinajstić information content (AvgIpc) is 1.64. The summed E-state index contributed by atoms with van der Waals surface area (Å²) in [6.07, 6.45) is 89.7. The van der Waals surface area contributed by atoms with Crippen LogP contribution in [0.3, 0.4) is 0 Å². The van der Waals surface area contributed by atoms with Crippen molar-refractivity contribution in [1.29, 1.82) is 0 Å². The van der Waals surface area contributed by atoms with Crippen LogP contribution in [0.5, 0.6) is 5.06 Å². The summed E-state index contributed by atoms with van der Waals surface area (Å²) < 4.78 is 11.8. The number of hydrogen-bond donors (Lipinski definition) is 0. The number of aryl methyl sites for hydroxylation is 9. The third kappa shape index (κ3) is 42.3. The van der Waals surface area contributed by atoms with Gasteiger partial charge in [0.1, 0.15) is 6.61 Å². The molecule has 11 heterocycles. The van der Waals surface area contributed by atoms with E-state index in [1.54, 1.807) is 34.2 Å². The molecule has 13 heteroatoms. The van der Waals surface area contributed by atoms with Gasteiger partial charge in [0.05, 0.1) is 11.5 Å². The monoisotopic (exact) mass is 2230 g/mol. The Kier molecular flexibility index (Phi) is 59.3. The van der Waals surface area contributed by atoms with Crippen molar-refractivity contribution in [3.63, 3.8) is 0 Å². The number of unbranched alkanes of at least 4 members (excludes halogenated alkanes) is 54. The number of methoxy groups -OCH3 is 1. The number of benzene rings is 2. The van der Waals surface area contributed by atoms with Crippen LogP contribution < -0.4 is 4.74 Å². The van der Waals surface area contributed by atoms with Crippen LogP contribution >= 0.6 is 125 Å². The first kappa shape index (κ1) is 123. The van der Waals surface area contributed by atoms with E-state index in [9.17, 15) is 0 Å². The zero-order valence-electron chi connectivity index (χ0n) is 95.7. The van der Waals surface area contributed by atoms with Gasteiger partial charge < -0.3 is 9.47 Å². The highest BCUT2D eigenvalue weighted by molar-refractivity contribution is 7.32. The summed E-state index contributed by atoms with van der Waals surface area (Å²) >= 11 is 22.0. The standard InChI is InChI=1S/C80H120O2S7.C57H76S4/c1-7-11-15-19-23-27-31-35-39-43-47-64-59-63(5)83-79(64)74-60-65(48-44-40-36-32-28-24-20-16-12-8-2)77(87-74)72-55-53-70(85-72)68-51-52-69(84-68)71-54-56-73(86-71)78-66(49-45-41-37-33-29-25-21-17-13-9-3)61-75(88-78)80-67(62-76(89-80)82-58-57-81-6)50-46-42-38-34-30-26-22-18-14-10-4;1-7-9-11-13-15-17-19-21-23-25-27-46-41-44(4)58-55(46)52-39-37-50(59-52)51-38-40-53(60-51)56-47(28-26-24-22-20-18-16-14-12-10-8-2)42-54(61-56)45-31-35-49(36-32-45)57(5,6)48-33-29-43(3)30-34-48/h51-56,59-62H,7-50,57-58H2,1-6H3;29-42H,7-28H2,1-6H3. The molecule has 0 radical (unpaired) electrons. The SMILES string of the molecule is CCCCCCCCCCCCc1cc(C)sc1-c1cc(CCCCCCCCCCCC)c(-c2ccc(-c3ccc(-c4ccc(-c5sc(-c6sc(OCCOC)cc6CCCCCCCCCCCC)cc5CCCCCCCCCCCC)s4)s3)s2)s1.CCCCCCCCCCCCc1cc(C)sc1-c1ccc(-c2ccc(-c3sc(-c4ccc(C(C)(C)c5ccc(C)cc5)cc4)cc3CCCCCCCCCCCC)s2)s1. The second-order valence-corrected chi connectivity index (χ2v) is 56.7. The Morgan fingerprint density at radius 3 is 0.687 bits per heavy atom. The maximum absolute atomic E-state index is 6.36. The summed E-state index contributed by atoms with van der Waals surface area (Å²) in [7, 11) is 1.77. The Hall–Kier alpha value is -5.10. The summed E-state index contributed by atoms with van der Waals surface area (Å²) in [6.45, 7) is 26.6. The molecule has 13 rings (SSSR count). The Morgan fingerprint density at radius 1 is 0.193 bits per heavy atom. The lowest BCUT2D eigenvalue weighted by Crippen LogP contribution is -2.18. The zero-order valence-corrected chi connectivity index (χ0v) is 105. The second-order valence-electron chi connectivity index (χ2n) is 44.6. The molecule has 0 aliphatic carbocycles. The molecule has 0 saturated carbocycles. The number of hydrogen-bond acceptors (Lipinski definition) is 13. The van der Waals surface area contributed by atoms with E-state index in [1.165, 1.54) is 535 Å². The van der Waals surface area contributed by atoms with Crippen LogP contribution in [0.4, 0.5) is 0 Å². The molecule has 822 valence electrons. The molecule has 0 saturated heterocycles. The van der Waals surface area contributed by atoms with Gasteiger partial charge in [-0.05, 0) is 245 Å². The molecule has 2 aromatic carbocycles. The van der Waals surface area contributed by atoms with Crippen molar-refractivity contribution in [1.82, 2.24) is 0 Å². The molecule has 11 aromatic heterocycles. The molecule has 13 aromatic rings. The van der Waals surface area contributed by atoms with Gasteiger partial charge >= 0.3 is 0 Å². The molecular weight excluding hydrogens is 2030 g/mol. The van der Waals surface area contributed by atoms with Crippen LogP contribution in [0.1, 0.15) is 500 Å². The van der Waals surface area contributed by atoms with Gasteiger partial charge in [-0.1, -0.05) is 468 Å². The second kappa shape index (κ2) is 72.1. The Labute approximate surface area is 959 Å². The van der Waals surface area contributed by atoms with Gasteiger partial charge in [0.15, 0.2) is 5.06 Å². The van der Waals surface area contributed by atoms with Crippen molar-refractivity contribution in [2.75, 3.05) is 20.3 Å². The van der Waals surface area contributed by atoms with Crippen molar-refractivity contribution < 1.29 is 9.47 Å². The smallest absolute Gasteiger partial charge is 0.174 e. The summed E-state index contributed by atoms with van der Waals surface area (Å²) in [4.78, 5) is 30.3. The fraction of sp³-hybridized carbons (Fsp3) is 0.591. The fourth-order valence-electron chi connectivity index (χ4n) is 21.8. The van der Waals surface area contributed by atoms with Crippen molar-refractivity contribution >= 4 is 125 Å². The first-order valence-electron chi connectivity index (χ1n) is 61.2. The molecule has 0 aliphatic heterocycles. The Bertz CT molecular complexity index is 5710. The van der Waals surface area contributed by atoms with E-state index < -0.39 is 0 Å². The highest BCUT2D eigenvalue weighted by atomic mass is 32.1. The average molecular weight is 2230 g/mol. The molecule has 0 spiro atoms. The molecule has 2 nitrogen and oxygen atoms in total. The highest BCUT2D eigenvalue weighted by Crippen LogP contribution is 2.54. The zero-order chi connectivity index (χ0) is 105. The third-order valence-electron chi connectivity index (χ3n) is 31.2. The minimum atomic E-state index is -0.0426. The predicted molar refractivity (Wildman–Crippen MR) is 687 cm³/mol. The van der Waals surface area contributed by atoms with E-state index >= 15 is 0 Å². The molecule has 0 atom stereocenters. The minimum absolute atomic E-state index is 0.0426. The van der Waals surface area contributed by atoms with E-state index in [4.69, 9.17) is 9.47 Å². The molecule has 150 heavy (non-hydrogen) atoms. The molecule has 0 amide bonds. The van der Waals surface area contributed by atoms with Crippen molar-refractivity contribution in [3.8, 4) is 103 Å². The van der Waals surface area contributed by atoms with Gasteiger partial charge in [0.2, 0.25) is 0 Å². The van der Waals surface area contributed by atoms with Gasteiger partial charge in [-0.3, -0.25) is 0 Å². The molecular formula is C137H196O2S11. The summed E-state index contributed by atoms with van der Waals surface area (Å²) in [5.74, 6) is 0. The Balaban J connectivity index is 0.000000285. The fourth-order valence-corrected chi connectivity index (χ4v) is 34.8. The lowest BCUT2D eigenvalue weighted by atomic mass is 9.78. The number of ether oxygens (including phenoxy) is 2. The van der Waals surface area contributed by atoms with Crippen molar-refractivity contribution in [2.45, 2.75) is 505 Å². The maximum Gasteiger partial charge on any atom is 0.174 e. The third-order valence-corrected chi connectivity index (χ3v) is 45.1. The van der Waals surface area contributed by atoms with Gasteiger partial charge in [0, 0.05) is 110 Å². The first-order valence-corrected chi connectivity index (χ1v) is 70.2. The normalized spacial score (nSPS) is 11.8. The predicted octanol–water partition coefficient (Wildman–Crippen LogP) is 50.8. The van der Waals surface area contributed by atoms with E-state index in [1.807, 2.05) is 113 Å². The van der Waals surface area contributed by atoms with Crippen LogP contribution in [0.2, 0.25) is 0 Å².